The maximum absolute atomic E-state index is 12.8. The van der Waals surface area contributed by atoms with Crippen LogP contribution in [0.4, 0.5) is 5.69 Å². The number of aromatic amines is 1. The van der Waals surface area contributed by atoms with Crippen LogP contribution >= 0.6 is 0 Å². The second-order valence-electron chi connectivity index (χ2n) is 5.95. The van der Waals surface area contributed by atoms with Crippen molar-refractivity contribution in [3.05, 3.63) is 53.5 Å². The Labute approximate surface area is 138 Å². The first-order valence-electron chi connectivity index (χ1n) is 7.72. The second-order valence-corrected chi connectivity index (χ2v) is 5.95. The number of carbonyl (C=O) groups excluding carboxylic acids is 1. The summed E-state index contributed by atoms with van der Waals surface area (Å²) in [5.41, 5.74) is 4.63. The van der Waals surface area contributed by atoms with Gasteiger partial charge >= 0.3 is 0 Å². The minimum Gasteiger partial charge on any atom is -0.361 e. The van der Waals surface area contributed by atoms with Crippen molar-refractivity contribution in [2.75, 3.05) is 5.32 Å². The van der Waals surface area contributed by atoms with Crippen LogP contribution in [0.25, 0.3) is 21.9 Å². The van der Waals surface area contributed by atoms with Crippen LogP contribution in [0, 0.1) is 13.8 Å². The van der Waals surface area contributed by atoms with E-state index in [9.17, 15) is 4.79 Å². The second kappa shape index (κ2) is 5.19. The summed E-state index contributed by atoms with van der Waals surface area (Å²) >= 11 is 0. The van der Waals surface area contributed by atoms with E-state index in [1.807, 2.05) is 51.4 Å². The number of benzene rings is 1. The number of aromatic nitrogens is 4. The number of pyridine rings is 1. The highest BCUT2D eigenvalue weighted by molar-refractivity contribution is 6.13. The van der Waals surface area contributed by atoms with Crippen LogP contribution in [-0.2, 0) is 7.05 Å². The van der Waals surface area contributed by atoms with Crippen LogP contribution in [-0.4, -0.2) is 25.7 Å². The number of nitrogens with zero attached hydrogens (tertiary/aromatic N) is 3. The average Bonchev–Trinajstić information content (AvgIpc) is 3.11. The number of anilines is 1. The summed E-state index contributed by atoms with van der Waals surface area (Å²) in [7, 11) is 1.84. The Bertz CT molecular complexity index is 1090. The molecule has 0 aliphatic carbocycles. The Hall–Kier alpha value is -3.15. The van der Waals surface area contributed by atoms with Gasteiger partial charge in [0.1, 0.15) is 0 Å². The number of nitrogens with one attached hydrogen (secondary N) is 2. The number of aryl methyl sites for hydroxylation is 3. The van der Waals surface area contributed by atoms with Gasteiger partial charge in [0.2, 0.25) is 0 Å². The first kappa shape index (κ1) is 14.4. The van der Waals surface area contributed by atoms with Crippen LogP contribution in [0.15, 0.2) is 36.5 Å². The van der Waals surface area contributed by atoms with Crippen LogP contribution in [0.5, 0.6) is 0 Å². The molecule has 0 bridgehead atoms. The molecule has 0 saturated carbocycles. The third-order valence-electron chi connectivity index (χ3n) is 4.15. The van der Waals surface area contributed by atoms with E-state index >= 15 is 0 Å². The fourth-order valence-electron chi connectivity index (χ4n) is 3.07. The maximum Gasteiger partial charge on any atom is 0.256 e. The molecule has 0 saturated heterocycles. The fourth-order valence-corrected chi connectivity index (χ4v) is 3.07. The molecule has 4 aromatic rings. The molecular formula is C18H17N5O. The number of hydrogen-bond donors (Lipinski definition) is 2. The molecule has 0 aliphatic rings. The lowest BCUT2D eigenvalue weighted by atomic mass is 10.1. The summed E-state index contributed by atoms with van der Waals surface area (Å²) in [6.45, 7) is 3.77. The van der Waals surface area contributed by atoms with Crippen molar-refractivity contribution in [3.8, 4) is 0 Å². The predicted molar refractivity (Wildman–Crippen MR) is 94.2 cm³/mol. The molecule has 4 rings (SSSR count). The summed E-state index contributed by atoms with van der Waals surface area (Å²) in [5, 5.41) is 9.26. The Kier molecular flexibility index (Phi) is 3.13. The van der Waals surface area contributed by atoms with E-state index in [-0.39, 0.29) is 5.91 Å². The highest BCUT2D eigenvalue weighted by atomic mass is 16.1. The van der Waals surface area contributed by atoms with E-state index in [4.69, 9.17) is 0 Å². The van der Waals surface area contributed by atoms with Crippen molar-refractivity contribution in [3.63, 3.8) is 0 Å². The molecule has 0 radical (unpaired) electrons. The molecule has 0 aliphatic heterocycles. The normalized spacial score (nSPS) is 11.3. The number of carbonyl (C=O) groups is 1. The topological polar surface area (TPSA) is 75.6 Å². The minimum atomic E-state index is -0.160. The zero-order valence-corrected chi connectivity index (χ0v) is 13.7. The van der Waals surface area contributed by atoms with Gasteiger partial charge in [-0.2, -0.15) is 5.10 Å². The molecule has 3 heterocycles. The molecule has 3 aromatic heterocycles. The highest BCUT2D eigenvalue weighted by Crippen LogP contribution is 2.23. The van der Waals surface area contributed by atoms with Gasteiger partial charge in [0.25, 0.3) is 5.91 Å². The van der Waals surface area contributed by atoms with Crippen LogP contribution < -0.4 is 5.32 Å². The lowest BCUT2D eigenvalue weighted by Crippen LogP contribution is -2.13. The summed E-state index contributed by atoms with van der Waals surface area (Å²) < 4.78 is 1.71. The Morgan fingerprint density at radius 2 is 2.04 bits per heavy atom. The average molecular weight is 319 g/mol. The summed E-state index contributed by atoms with van der Waals surface area (Å²) in [4.78, 5) is 20.5. The Morgan fingerprint density at radius 1 is 1.21 bits per heavy atom. The number of rotatable bonds is 2. The monoisotopic (exact) mass is 319 g/mol. The van der Waals surface area contributed by atoms with E-state index in [1.165, 1.54) is 0 Å². The number of fused-ring (bicyclic) bond motifs is 2. The Balaban J connectivity index is 1.77. The standard InChI is InChI=1S/C18H17N5O/c1-10-8-14(16-11(2)22-23(3)17(16)20-10)18(24)21-13-5-4-12-6-7-19-15(12)9-13/h4-9,19H,1-3H3,(H,21,24). The first-order chi connectivity index (χ1) is 11.5. The van der Waals surface area contributed by atoms with Crippen LogP contribution in [0.1, 0.15) is 21.7 Å². The molecule has 24 heavy (non-hydrogen) atoms. The molecule has 1 aromatic carbocycles. The third kappa shape index (κ3) is 2.23. The molecule has 6 heteroatoms. The molecule has 0 unspecified atom stereocenters. The maximum atomic E-state index is 12.8. The van der Waals surface area contributed by atoms with Gasteiger partial charge in [-0.3, -0.25) is 9.48 Å². The van der Waals surface area contributed by atoms with Crippen molar-refractivity contribution in [2.24, 2.45) is 7.05 Å². The Morgan fingerprint density at radius 3 is 2.88 bits per heavy atom. The van der Waals surface area contributed by atoms with Gasteiger partial charge < -0.3 is 10.3 Å². The van der Waals surface area contributed by atoms with Gasteiger partial charge in [-0.1, -0.05) is 6.07 Å². The summed E-state index contributed by atoms with van der Waals surface area (Å²) in [5.74, 6) is -0.160. The van der Waals surface area contributed by atoms with Gasteiger partial charge in [-0.25, -0.2) is 4.98 Å². The third-order valence-corrected chi connectivity index (χ3v) is 4.15. The largest absolute Gasteiger partial charge is 0.361 e. The van der Waals surface area contributed by atoms with E-state index < -0.39 is 0 Å². The quantitative estimate of drug-likeness (QED) is 0.595. The van der Waals surface area contributed by atoms with Crippen LogP contribution in [0.3, 0.4) is 0 Å². The highest BCUT2D eigenvalue weighted by Gasteiger charge is 2.18. The van der Waals surface area contributed by atoms with E-state index in [0.29, 0.717) is 5.56 Å². The van der Waals surface area contributed by atoms with Crippen molar-refractivity contribution in [1.29, 1.82) is 0 Å². The minimum absolute atomic E-state index is 0.160. The molecule has 0 spiro atoms. The van der Waals surface area contributed by atoms with Gasteiger partial charge in [0, 0.05) is 30.1 Å². The van der Waals surface area contributed by atoms with Gasteiger partial charge in [-0.15, -0.1) is 0 Å². The van der Waals surface area contributed by atoms with Crippen molar-refractivity contribution in [1.82, 2.24) is 19.7 Å². The smallest absolute Gasteiger partial charge is 0.256 e. The van der Waals surface area contributed by atoms with E-state index in [2.05, 4.69) is 20.4 Å². The van der Waals surface area contributed by atoms with Gasteiger partial charge in [0.05, 0.1) is 16.6 Å². The van der Waals surface area contributed by atoms with Crippen LogP contribution in [0.2, 0.25) is 0 Å². The lowest BCUT2D eigenvalue weighted by molar-refractivity contribution is 0.102. The summed E-state index contributed by atoms with van der Waals surface area (Å²) in [6, 6.07) is 9.60. The fraction of sp³-hybridized carbons (Fsp3) is 0.167. The molecule has 6 nitrogen and oxygen atoms in total. The molecular weight excluding hydrogens is 302 g/mol. The number of amides is 1. The SMILES string of the molecule is Cc1cc(C(=O)Nc2ccc3cc[nH]c3c2)c2c(C)nn(C)c2n1. The predicted octanol–water partition coefficient (Wildman–Crippen LogP) is 3.32. The first-order valence-corrected chi connectivity index (χ1v) is 7.72. The zero-order valence-electron chi connectivity index (χ0n) is 13.7. The van der Waals surface area contributed by atoms with Crippen molar-refractivity contribution >= 4 is 33.5 Å². The molecule has 0 fully saturated rings. The summed E-state index contributed by atoms with van der Waals surface area (Å²) in [6.07, 6.45) is 1.88. The molecule has 1 amide bonds. The van der Waals surface area contributed by atoms with Gasteiger partial charge in [0.15, 0.2) is 5.65 Å². The van der Waals surface area contributed by atoms with Gasteiger partial charge in [-0.05, 0) is 43.5 Å². The van der Waals surface area contributed by atoms with Crippen molar-refractivity contribution < 1.29 is 4.79 Å². The lowest BCUT2D eigenvalue weighted by Gasteiger charge is -2.08. The van der Waals surface area contributed by atoms with Crippen molar-refractivity contribution in [2.45, 2.75) is 13.8 Å². The molecule has 0 atom stereocenters. The molecule has 2 N–H and O–H groups in total. The van der Waals surface area contributed by atoms with E-state index in [0.717, 1.165) is 39.0 Å². The van der Waals surface area contributed by atoms with E-state index in [1.54, 1.807) is 10.7 Å². The molecule has 120 valence electrons. The number of H-pyrrole nitrogens is 1. The zero-order chi connectivity index (χ0) is 16.8. The number of hydrogen-bond acceptors (Lipinski definition) is 3.